The molecule has 0 unspecified atom stereocenters. The Bertz CT molecular complexity index is 988. The normalized spacial score (nSPS) is 11.0. The molecule has 0 aliphatic carbocycles. The standard InChI is InChI=1S/C18H14ClN5OS/c19-15-6-2-1-4-13(15)12-26-18-23-22-17(16-10-20-7-8-21-16)24(18)11-14-5-3-9-25-14/h1-10H,11-12H2. The molecule has 3 heterocycles. The number of rotatable bonds is 6. The van der Waals surface area contributed by atoms with Crippen LogP contribution < -0.4 is 0 Å². The molecule has 6 nitrogen and oxygen atoms in total. The van der Waals surface area contributed by atoms with Crippen molar-refractivity contribution < 1.29 is 4.42 Å². The summed E-state index contributed by atoms with van der Waals surface area (Å²) in [5.74, 6) is 2.15. The highest BCUT2D eigenvalue weighted by molar-refractivity contribution is 7.98. The quantitative estimate of drug-likeness (QED) is 0.462. The summed E-state index contributed by atoms with van der Waals surface area (Å²) >= 11 is 7.82. The van der Waals surface area contributed by atoms with Crippen LogP contribution in [0.3, 0.4) is 0 Å². The average molecular weight is 384 g/mol. The predicted molar refractivity (Wildman–Crippen MR) is 99.9 cm³/mol. The van der Waals surface area contributed by atoms with Gasteiger partial charge in [-0.15, -0.1) is 10.2 Å². The van der Waals surface area contributed by atoms with Crippen LogP contribution in [0.1, 0.15) is 11.3 Å². The Labute approximate surface area is 159 Å². The third-order valence-electron chi connectivity index (χ3n) is 3.72. The Morgan fingerprint density at radius 1 is 1.08 bits per heavy atom. The summed E-state index contributed by atoms with van der Waals surface area (Å²) in [5.41, 5.74) is 1.71. The van der Waals surface area contributed by atoms with Gasteiger partial charge in [0.15, 0.2) is 11.0 Å². The van der Waals surface area contributed by atoms with Gasteiger partial charge < -0.3 is 4.42 Å². The van der Waals surface area contributed by atoms with Crippen molar-refractivity contribution in [2.24, 2.45) is 0 Å². The van der Waals surface area contributed by atoms with Crippen molar-refractivity contribution in [1.82, 2.24) is 24.7 Å². The monoisotopic (exact) mass is 383 g/mol. The van der Waals surface area contributed by atoms with E-state index in [9.17, 15) is 0 Å². The third-order valence-corrected chi connectivity index (χ3v) is 5.10. The first-order valence-corrected chi connectivity index (χ1v) is 9.26. The Morgan fingerprint density at radius 3 is 2.77 bits per heavy atom. The van der Waals surface area contributed by atoms with Crippen LogP contribution in [0.15, 0.2) is 70.8 Å². The van der Waals surface area contributed by atoms with Crippen molar-refractivity contribution in [3.05, 3.63) is 77.6 Å². The average Bonchev–Trinajstić information content (AvgIpc) is 3.32. The van der Waals surface area contributed by atoms with Crippen LogP contribution in [0.4, 0.5) is 0 Å². The number of nitrogens with zero attached hydrogens (tertiary/aromatic N) is 5. The zero-order chi connectivity index (χ0) is 17.8. The predicted octanol–water partition coefficient (Wildman–Crippen LogP) is 4.32. The van der Waals surface area contributed by atoms with Gasteiger partial charge in [-0.2, -0.15) is 0 Å². The van der Waals surface area contributed by atoms with Crippen molar-refractivity contribution >= 4 is 23.4 Å². The highest BCUT2D eigenvalue weighted by Crippen LogP contribution is 2.28. The van der Waals surface area contributed by atoms with E-state index in [2.05, 4.69) is 20.2 Å². The molecule has 4 rings (SSSR count). The molecule has 1 aromatic carbocycles. The lowest BCUT2D eigenvalue weighted by Gasteiger charge is -2.08. The van der Waals surface area contributed by atoms with Gasteiger partial charge in [-0.3, -0.25) is 9.55 Å². The topological polar surface area (TPSA) is 69.6 Å². The molecule has 0 aliphatic rings. The number of halogens is 1. The van der Waals surface area contributed by atoms with Gasteiger partial charge in [0.05, 0.1) is 19.0 Å². The first-order chi connectivity index (χ1) is 12.8. The van der Waals surface area contributed by atoms with Gasteiger partial charge in [-0.25, -0.2) is 4.98 Å². The molecule has 130 valence electrons. The molecule has 0 saturated heterocycles. The van der Waals surface area contributed by atoms with Gasteiger partial charge in [-0.05, 0) is 23.8 Å². The van der Waals surface area contributed by atoms with Gasteiger partial charge in [0, 0.05) is 23.2 Å². The number of furan rings is 1. The molecule has 4 aromatic rings. The summed E-state index contributed by atoms with van der Waals surface area (Å²) in [6.45, 7) is 0.511. The highest BCUT2D eigenvalue weighted by atomic mass is 35.5. The molecule has 0 N–H and O–H groups in total. The number of thioether (sulfide) groups is 1. The van der Waals surface area contributed by atoms with Crippen LogP contribution in [0.25, 0.3) is 11.5 Å². The minimum Gasteiger partial charge on any atom is -0.467 e. The second kappa shape index (κ2) is 7.72. The summed E-state index contributed by atoms with van der Waals surface area (Å²) in [4.78, 5) is 8.46. The van der Waals surface area contributed by atoms with Crippen LogP contribution in [-0.4, -0.2) is 24.7 Å². The molecule has 0 radical (unpaired) electrons. The summed E-state index contributed by atoms with van der Waals surface area (Å²) in [6, 6.07) is 11.6. The van der Waals surface area contributed by atoms with Crippen molar-refractivity contribution in [1.29, 1.82) is 0 Å². The Morgan fingerprint density at radius 2 is 2.00 bits per heavy atom. The number of hydrogen-bond acceptors (Lipinski definition) is 6. The van der Waals surface area contributed by atoms with Crippen molar-refractivity contribution in [2.75, 3.05) is 0 Å². The summed E-state index contributed by atoms with van der Waals surface area (Å²) in [7, 11) is 0. The van der Waals surface area contributed by atoms with Crippen LogP contribution >= 0.6 is 23.4 Å². The molecule has 0 amide bonds. The lowest BCUT2D eigenvalue weighted by atomic mass is 10.2. The third kappa shape index (κ3) is 3.63. The van der Waals surface area contributed by atoms with Crippen molar-refractivity contribution in [3.63, 3.8) is 0 Å². The molecular weight excluding hydrogens is 370 g/mol. The summed E-state index contributed by atoms with van der Waals surface area (Å²) < 4.78 is 7.47. The molecule has 0 saturated carbocycles. The van der Waals surface area contributed by atoms with E-state index in [1.165, 1.54) is 0 Å². The molecule has 0 aliphatic heterocycles. The molecule has 0 atom stereocenters. The zero-order valence-electron chi connectivity index (χ0n) is 13.6. The minimum atomic E-state index is 0.511. The fourth-order valence-electron chi connectivity index (χ4n) is 2.46. The lowest BCUT2D eigenvalue weighted by molar-refractivity contribution is 0.485. The SMILES string of the molecule is Clc1ccccc1CSc1nnc(-c2cnccn2)n1Cc1ccco1. The van der Waals surface area contributed by atoms with Crippen molar-refractivity contribution in [2.45, 2.75) is 17.5 Å². The zero-order valence-corrected chi connectivity index (χ0v) is 15.2. The number of aromatic nitrogens is 5. The largest absolute Gasteiger partial charge is 0.467 e. The Balaban J connectivity index is 1.65. The summed E-state index contributed by atoms with van der Waals surface area (Å²) in [6.07, 6.45) is 6.59. The number of benzene rings is 1. The van der Waals surface area contributed by atoms with E-state index in [0.717, 1.165) is 21.5 Å². The maximum absolute atomic E-state index is 6.26. The van der Waals surface area contributed by atoms with Crippen LogP contribution in [0, 0.1) is 0 Å². The number of hydrogen-bond donors (Lipinski definition) is 0. The molecular formula is C18H14ClN5OS. The maximum Gasteiger partial charge on any atom is 0.192 e. The molecule has 0 bridgehead atoms. The molecule has 0 spiro atoms. The Hall–Kier alpha value is -2.64. The lowest BCUT2D eigenvalue weighted by Crippen LogP contribution is -2.04. The minimum absolute atomic E-state index is 0.511. The summed E-state index contributed by atoms with van der Waals surface area (Å²) in [5, 5.41) is 10.2. The van der Waals surface area contributed by atoms with E-state index < -0.39 is 0 Å². The Kier molecular flexibility index (Phi) is 4.99. The highest BCUT2D eigenvalue weighted by Gasteiger charge is 2.17. The first-order valence-electron chi connectivity index (χ1n) is 7.89. The maximum atomic E-state index is 6.26. The van der Waals surface area contributed by atoms with E-state index in [-0.39, 0.29) is 0 Å². The van der Waals surface area contributed by atoms with Gasteiger partial charge in [-0.1, -0.05) is 41.6 Å². The van der Waals surface area contributed by atoms with E-state index >= 15 is 0 Å². The van der Waals surface area contributed by atoms with E-state index in [1.54, 1.807) is 36.6 Å². The van der Waals surface area contributed by atoms with Gasteiger partial charge in [0.1, 0.15) is 11.5 Å². The van der Waals surface area contributed by atoms with E-state index in [1.807, 2.05) is 41.0 Å². The molecule has 0 fully saturated rings. The smallest absolute Gasteiger partial charge is 0.192 e. The first kappa shape index (κ1) is 16.8. The molecule has 26 heavy (non-hydrogen) atoms. The molecule has 3 aromatic heterocycles. The van der Waals surface area contributed by atoms with Crippen LogP contribution in [-0.2, 0) is 12.3 Å². The second-order valence-electron chi connectivity index (χ2n) is 5.44. The van der Waals surface area contributed by atoms with E-state index in [4.69, 9.17) is 16.0 Å². The van der Waals surface area contributed by atoms with E-state index in [0.29, 0.717) is 23.8 Å². The fraction of sp³-hybridized carbons (Fsp3) is 0.111. The van der Waals surface area contributed by atoms with Gasteiger partial charge >= 0.3 is 0 Å². The van der Waals surface area contributed by atoms with Crippen molar-refractivity contribution in [3.8, 4) is 11.5 Å². The molecule has 8 heteroatoms. The van der Waals surface area contributed by atoms with Crippen LogP contribution in [0.5, 0.6) is 0 Å². The van der Waals surface area contributed by atoms with Gasteiger partial charge in [0.2, 0.25) is 0 Å². The second-order valence-corrected chi connectivity index (χ2v) is 6.79. The van der Waals surface area contributed by atoms with Crippen LogP contribution in [0.2, 0.25) is 5.02 Å². The fourth-order valence-corrected chi connectivity index (χ4v) is 3.68. The van der Waals surface area contributed by atoms with Gasteiger partial charge in [0.25, 0.3) is 0 Å².